The van der Waals surface area contributed by atoms with Crippen molar-refractivity contribution in [3.8, 4) is 0 Å². The summed E-state index contributed by atoms with van der Waals surface area (Å²) in [6, 6.07) is 8.34. The van der Waals surface area contributed by atoms with Crippen LogP contribution in [0.15, 0.2) is 30.5 Å². The van der Waals surface area contributed by atoms with Gasteiger partial charge in [0.1, 0.15) is 0 Å². The summed E-state index contributed by atoms with van der Waals surface area (Å²) < 4.78 is 0. The first-order chi connectivity index (χ1) is 8.24. The SMILES string of the molecule is CC(=O)NN1C=C2c3ccccc3CCN2N1. The topological polar surface area (TPSA) is 47.6 Å². The van der Waals surface area contributed by atoms with Crippen molar-refractivity contribution in [2.75, 3.05) is 6.54 Å². The predicted octanol–water partition coefficient (Wildman–Crippen LogP) is 0.629. The van der Waals surface area contributed by atoms with E-state index in [-0.39, 0.29) is 5.91 Å². The van der Waals surface area contributed by atoms with E-state index in [1.807, 2.05) is 17.3 Å². The minimum absolute atomic E-state index is 0.0949. The number of rotatable bonds is 1. The molecule has 0 fully saturated rings. The Morgan fingerprint density at radius 2 is 2.24 bits per heavy atom. The summed E-state index contributed by atoms with van der Waals surface area (Å²) >= 11 is 0. The maximum Gasteiger partial charge on any atom is 0.236 e. The van der Waals surface area contributed by atoms with Gasteiger partial charge in [-0.3, -0.25) is 15.2 Å². The van der Waals surface area contributed by atoms with Gasteiger partial charge in [0.15, 0.2) is 0 Å². The zero-order chi connectivity index (χ0) is 11.8. The number of hydrazine groups is 3. The van der Waals surface area contributed by atoms with Gasteiger partial charge in [0, 0.05) is 19.0 Å². The predicted molar refractivity (Wildman–Crippen MR) is 63.6 cm³/mol. The second-order valence-corrected chi connectivity index (χ2v) is 4.21. The van der Waals surface area contributed by atoms with Gasteiger partial charge in [-0.05, 0) is 12.0 Å². The van der Waals surface area contributed by atoms with Crippen molar-refractivity contribution in [1.82, 2.24) is 21.1 Å². The van der Waals surface area contributed by atoms with Crippen molar-refractivity contribution >= 4 is 11.6 Å². The van der Waals surface area contributed by atoms with E-state index in [0.717, 1.165) is 18.7 Å². The Labute approximate surface area is 99.6 Å². The largest absolute Gasteiger partial charge is 0.287 e. The molecule has 0 saturated carbocycles. The number of benzene rings is 1. The molecule has 0 aromatic heterocycles. The van der Waals surface area contributed by atoms with Crippen LogP contribution in [-0.4, -0.2) is 22.6 Å². The number of nitrogens with one attached hydrogen (secondary N) is 2. The molecule has 1 aromatic rings. The first kappa shape index (κ1) is 10.2. The van der Waals surface area contributed by atoms with Crippen LogP contribution in [0.4, 0.5) is 0 Å². The van der Waals surface area contributed by atoms with Gasteiger partial charge in [0.2, 0.25) is 5.91 Å². The normalized spacial score (nSPS) is 17.4. The molecule has 2 heterocycles. The van der Waals surface area contributed by atoms with Crippen molar-refractivity contribution in [2.45, 2.75) is 13.3 Å². The molecule has 0 bridgehead atoms. The van der Waals surface area contributed by atoms with Crippen molar-refractivity contribution in [1.29, 1.82) is 0 Å². The second kappa shape index (κ2) is 3.78. The lowest BCUT2D eigenvalue weighted by Crippen LogP contribution is -2.49. The van der Waals surface area contributed by atoms with Crippen LogP contribution in [0, 0.1) is 0 Å². The molecule has 0 atom stereocenters. The molecular weight excluding hydrogens is 216 g/mol. The molecular formula is C12H14N4O. The van der Waals surface area contributed by atoms with Gasteiger partial charge in [0.05, 0.1) is 11.9 Å². The van der Waals surface area contributed by atoms with Crippen LogP contribution in [0.3, 0.4) is 0 Å². The number of fused-ring (bicyclic) bond motifs is 3. The molecule has 2 N–H and O–H groups in total. The summed E-state index contributed by atoms with van der Waals surface area (Å²) in [5.74, 6) is -0.0949. The molecule has 0 spiro atoms. The van der Waals surface area contributed by atoms with Crippen LogP contribution < -0.4 is 11.0 Å². The molecule has 0 unspecified atom stereocenters. The van der Waals surface area contributed by atoms with Crippen LogP contribution in [0.5, 0.6) is 0 Å². The summed E-state index contributed by atoms with van der Waals surface area (Å²) in [4.78, 5) is 11.0. The third-order valence-electron chi connectivity index (χ3n) is 2.95. The summed E-state index contributed by atoms with van der Waals surface area (Å²) in [6.45, 7) is 2.39. The Balaban J connectivity index is 1.93. The zero-order valence-electron chi connectivity index (χ0n) is 9.60. The first-order valence-corrected chi connectivity index (χ1v) is 5.64. The molecule has 1 amide bonds. The average Bonchev–Trinajstić information content (AvgIpc) is 2.70. The highest BCUT2D eigenvalue weighted by molar-refractivity contribution is 5.73. The van der Waals surface area contributed by atoms with Gasteiger partial charge in [-0.1, -0.05) is 24.3 Å². The van der Waals surface area contributed by atoms with Crippen LogP contribution in [-0.2, 0) is 11.2 Å². The van der Waals surface area contributed by atoms with E-state index >= 15 is 0 Å². The van der Waals surface area contributed by atoms with Crippen molar-refractivity contribution in [2.24, 2.45) is 0 Å². The number of nitrogens with zero attached hydrogens (tertiary/aromatic N) is 2. The lowest BCUT2D eigenvalue weighted by atomic mass is 9.98. The van der Waals surface area contributed by atoms with Gasteiger partial charge in [-0.2, -0.15) is 0 Å². The molecule has 0 saturated heterocycles. The molecule has 17 heavy (non-hydrogen) atoms. The fourth-order valence-electron chi connectivity index (χ4n) is 2.24. The number of carbonyl (C=O) groups excluding carboxylic acids is 1. The Bertz CT molecular complexity index is 497. The van der Waals surface area contributed by atoms with Crippen molar-refractivity contribution in [3.63, 3.8) is 0 Å². The van der Waals surface area contributed by atoms with Crippen LogP contribution in [0.1, 0.15) is 18.1 Å². The first-order valence-electron chi connectivity index (χ1n) is 5.64. The molecule has 3 rings (SSSR count). The summed E-state index contributed by atoms with van der Waals surface area (Å²) in [6.07, 6.45) is 2.91. The molecule has 88 valence electrons. The number of carbonyl (C=O) groups is 1. The monoisotopic (exact) mass is 230 g/mol. The zero-order valence-corrected chi connectivity index (χ0v) is 9.60. The lowest BCUT2D eigenvalue weighted by molar-refractivity contribution is -0.124. The average molecular weight is 230 g/mol. The Hall–Kier alpha value is -2.01. The molecule has 2 aliphatic heterocycles. The number of hydrogen-bond acceptors (Lipinski definition) is 4. The second-order valence-electron chi connectivity index (χ2n) is 4.21. The van der Waals surface area contributed by atoms with Crippen LogP contribution >= 0.6 is 0 Å². The number of hydrogen-bond donors (Lipinski definition) is 2. The molecule has 2 aliphatic rings. The van der Waals surface area contributed by atoms with E-state index in [9.17, 15) is 4.79 Å². The van der Waals surface area contributed by atoms with E-state index in [1.165, 1.54) is 18.1 Å². The Kier molecular flexibility index (Phi) is 2.26. The highest BCUT2D eigenvalue weighted by Gasteiger charge is 2.27. The van der Waals surface area contributed by atoms with E-state index < -0.39 is 0 Å². The van der Waals surface area contributed by atoms with Gasteiger partial charge in [0.25, 0.3) is 0 Å². The minimum atomic E-state index is -0.0949. The standard InChI is InChI=1S/C12H14N4O/c1-9(17)13-16-8-12-11-5-3-2-4-10(11)6-7-15(12)14-16/h2-5,8,14H,6-7H2,1H3,(H,13,17). The molecule has 1 aromatic carbocycles. The quantitative estimate of drug-likeness (QED) is 0.743. The van der Waals surface area contributed by atoms with E-state index in [1.54, 1.807) is 5.12 Å². The van der Waals surface area contributed by atoms with Crippen LogP contribution in [0.25, 0.3) is 5.70 Å². The third kappa shape index (κ3) is 1.74. The summed E-state index contributed by atoms with van der Waals surface area (Å²) in [7, 11) is 0. The van der Waals surface area contributed by atoms with Crippen LogP contribution in [0.2, 0.25) is 0 Å². The van der Waals surface area contributed by atoms with E-state index in [0.29, 0.717) is 0 Å². The van der Waals surface area contributed by atoms with Gasteiger partial charge < -0.3 is 0 Å². The molecule has 5 nitrogen and oxygen atoms in total. The van der Waals surface area contributed by atoms with E-state index in [4.69, 9.17) is 0 Å². The van der Waals surface area contributed by atoms with Crippen molar-refractivity contribution in [3.05, 3.63) is 41.6 Å². The fourth-order valence-corrected chi connectivity index (χ4v) is 2.24. The summed E-state index contributed by atoms with van der Waals surface area (Å²) in [5, 5.41) is 3.64. The van der Waals surface area contributed by atoms with Gasteiger partial charge in [-0.15, -0.1) is 5.53 Å². The lowest BCUT2D eigenvalue weighted by Gasteiger charge is -2.29. The Morgan fingerprint density at radius 1 is 1.41 bits per heavy atom. The highest BCUT2D eigenvalue weighted by Crippen LogP contribution is 2.29. The van der Waals surface area contributed by atoms with Gasteiger partial charge in [-0.25, -0.2) is 5.12 Å². The fraction of sp³-hybridized carbons (Fsp3) is 0.250. The van der Waals surface area contributed by atoms with Gasteiger partial charge >= 0.3 is 0 Å². The maximum atomic E-state index is 11.0. The smallest absolute Gasteiger partial charge is 0.236 e. The molecule has 5 heteroatoms. The molecule has 0 radical (unpaired) electrons. The third-order valence-corrected chi connectivity index (χ3v) is 2.95. The maximum absolute atomic E-state index is 11.0. The van der Waals surface area contributed by atoms with E-state index in [2.05, 4.69) is 29.2 Å². The van der Waals surface area contributed by atoms with Crippen molar-refractivity contribution < 1.29 is 4.79 Å². The number of amides is 1. The highest BCUT2D eigenvalue weighted by atomic mass is 16.2. The minimum Gasteiger partial charge on any atom is -0.287 e. The summed E-state index contributed by atoms with van der Waals surface area (Å²) in [5.41, 5.74) is 9.47. The Morgan fingerprint density at radius 3 is 3.06 bits per heavy atom. The molecule has 0 aliphatic carbocycles.